The van der Waals surface area contributed by atoms with Crippen LogP contribution in [0.15, 0.2) is 59.0 Å². The summed E-state index contributed by atoms with van der Waals surface area (Å²) in [6.07, 6.45) is 3.57. The van der Waals surface area contributed by atoms with Crippen LogP contribution in [0.1, 0.15) is 42.0 Å². The van der Waals surface area contributed by atoms with E-state index in [-0.39, 0.29) is 12.2 Å². The van der Waals surface area contributed by atoms with Crippen LogP contribution in [0.3, 0.4) is 0 Å². The number of hydrogen-bond donors (Lipinski definition) is 1. The zero-order chi connectivity index (χ0) is 20.7. The van der Waals surface area contributed by atoms with Crippen LogP contribution in [0, 0.1) is 5.82 Å². The van der Waals surface area contributed by atoms with Gasteiger partial charge in [-0.05, 0) is 55.9 Å². The molecule has 1 aliphatic rings. The largest absolute Gasteiger partial charge is 0.481 e. The molecular formula is C25H21FO3S. The van der Waals surface area contributed by atoms with Crippen LogP contribution in [0.25, 0.3) is 32.7 Å². The van der Waals surface area contributed by atoms with Crippen LogP contribution in [0.4, 0.5) is 4.39 Å². The second-order valence-electron chi connectivity index (χ2n) is 7.79. The molecule has 2 aromatic heterocycles. The molecular weight excluding hydrogens is 399 g/mol. The Labute approximate surface area is 177 Å². The van der Waals surface area contributed by atoms with E-state index >= 15 is 4.39 Å². The van der Waals surface area contributed by atoms with E-state index in [2.05, 4.69) is 6.07 Å². The zero-order valence-corrected chi connectivity index (χ0v) is 17.2. The van der Waals surface area contributed by atoms with Gasteiger partial charge < -0.3 is 9.52 Å². The molecule has 0 bridgehead atoms. The predicted molar refractivity (Wildman–Crippen MR) is 117 cm³/mol. The second-order valence-corrected chi connectivity index (χ2v) is 8.91. The molecule has 0 saturated heterocycles. The van der Waals surface area contributed by atoms with E-state index in [9.17, 15) is 4.79 Å². The Bertz CT molecular complexity index is 1230. The lowest BCUT2D eigenvalue weighted by Crippen LogP contribution is -1.97. The maximum Gasteiger partial charge on any atom is 0.303 e. The molecule has 1 N–H and O–H groups in total. The normalized spacial score (nSPS) is 13.8. The smallest absolute Gasteiger partial charge is 0.303 e. The quantitative estimate of drug-likeness (QED) is 0.342. The number of para-hydroxylation sites is 1. The number of benzene rings is 2. The molecule has 0 spiro atoms. The molecule has 1 saturated carbocycles. The van der Waals surface area contributed by atoms with E-state index in [0.29, 0.717) is 30.1 Å². The molecule has 0 aliphatic heterocycles. The fourth-order valence-electron chi connectivity index (χ4n) is 4.02. The van der Waals surface area contributed by atoms with Crippen molar-refractivity contribution in [3.8, 4) is 21.8 Å². The molecule has 30 heavy (non-hydrogen) atoms. The Balaban J connectivity index is 1.64. The van der Waals surface area contributed by atoms with Gasteiger partial charge in [0, 0.05) is 38.3 Å². The van der Waals surface area contributed by atoms with Gasteiger partial charge in [-0.2, -0.15) is 0 Å². The fraction of sp³-hybridized carbons (Fsp3) is 0.240. The van der Waals surface area contributed by atoms with Gasteiger partial charge in [-0.1, -0.05) is 30.3 Å². The minimum Gasteiger partial charge on any atom is -0.481 e. The minimum absolute atomic E-state index is 0.0879. The second kappa shape index (κ2) is 7.73. The van der Waals surface area contributed by atoms with Crippen LogP contribution in [-0.2, 0) is 11.2 Å². The summed E-state index contributed by atoms with van der Waals surface area (Å²) in [5.74, 6) is 0.171. The van der Waals surface area contributed by atoms with Crippen LogP contribution < -0.4 is 0 Å². The third kappa shape index (κ3) is 3.54. The highest BCUT2D eigenvalue weighted by atomic mass is 32.1. The Morgan fingerprint density at radius 2 is 1.93 bits per heavy atom. The van der Waals surface area contributed by atoms with Crippen LogP contribution >= 0.6 is 11.3 Å². The van der Waals surface area contributed by atoms with Crippen molar-refractivity contribution in [3.63, 3.8) is 0 Å². The number of hydrogen-bond acceptors (Lipinski definition) is 3. The minimum atomic E-state index is -0.818. The molecule has 0 atom stereocenters. The number of carboxylic acid groups (broad SMARTS) is 1. The number of aryl methyl sites for hydroxylation is 1. The number of carbonyl (C=O) groups is 1. The lowest BCUT2D eigenvalue weighted by Gasteiger charge is -2.10. The average molecular weight is 421 g/mol. The van der Waals surface area contributed by atoms with Crippen molar-refractivity contribution < 1.29 is 18.7 Å². The molecule has 4 aromatic rings. The summed E-state index contributed by atoms with van der Waals surface area (Å²) >= 11 is 1.65. The maximum absolute atomic E-state index is 15.1. The summed E-state index contributed by atoms with van der Waals surface area (Å²) in [6.45, 7) is 0. The van der Waals surface area contributed by atoms with Crippen molar-refractivity contribution in [2.45, 2.75) is 38.0 Å². The molecule has 152 valence electrons. The molecule has 2 aromatic carbocycles. The summed E-state index contributed by atoms with van der Waals surface area (Å²) in [5, 5.41) is 10.0. The van der Waals surface area contributed by atoms with Gasteiger partial charge >= 0.3 is 5.97 Å². The van der Waals surface area contributed by atoms with Gasteiger partial charge in [-0.15, -0.1) is 11.3 Å². The highest BCUT2D eigenvalue weighted by Gasteiger charge is 2.27. The summed E-state index contributed by atoms with van der Waals surface area (Å²) in [4.78, 5) is 13.2. The Hall–Kier alpha value is -2.92. The first-order valence-electron chi connectivity index (χ1n) is 10.2. The molecule has 5 rings (SSSR count). The monoisotopic (exact) mass is 420 g/mol. The van der Waals surface area contributed by atoms with Crippen molar-refractivity contribution in [2.75, 3.05) is 0 Å². The number of thiophene rings is 1. The van der Waals surface area contributed by atoms with Gasteiger partial charge in [0.05, 0.1) is 0 Å². The van der Waals surface area contributed by atoms with Crippen LogP contribution in [0.5, 0.6) is 0 Å². The number of aliphatic carboxylic acids is 1. The van der Waals surface area contributed by atoms with Gasteiger partial charge in [-0.3, -0.25) is 4.79 Å². The average Bonchev–Trinajstić information content (AvgIpc) is 3.36. The molecule has 2 heterocycles. The third-order valence-electron chi connectivity index (χ3n) is 5.63. The molecule has 1 fully saturated rings. The molecule has 3 nitrogen and oxygen atoms in total. The lowest BCUT2D eigenvalue weighted by atomic mass is 9.96. The van der Waals surface area contributed by atoms with Gasteiger partial charge in [0.1, 0.15) is 17.2 Å². The zero-order valence-electron chi connectivity index (χ0n) is 16.4. The molecule has 0 unspecified atom stereocenters. The molecule has 5 heteroatoms. The summed E-state index contributed by atoms with van der Waals surface area (Å²) < 4.78 is 21.3. The van der Waals surface area contributed by atoms with Crippen molar-refractivity contribution in [1.29, 1.82) is 0 Å². The number of carboxylic acids is 1. The lowest BCUT2D eigenvalue weighted by molar-refractivity contribution is -0.137. The van der Waals surface area contributed by atoms with E-state index in [1.165, 1.54) is 23.8 Å². The van der Waals surface area contributed by atoms with Gasteiger partial charge in [-0.25, -0.2) is 4.39 Å². The van der Waals surface area contributed by atoms with Crippen LogP contribution in [-0.4, -0.2) is 11.1 Å². The number of furan rings is 1. The molecule has 1 aliphatic carbocycles. The van der Waals surface area contributed by atoms with Crippen molar-refractivity contribution in [2.24, 2.45) is 0 Å². The van der Waals surface area contributed by atoms with Crippen molar-refractivity contribution >= 4 is 28.3 Å². The van der Waals surface area contributed by atoms with E-state index in [1.807, 2.05) is 36.4 Å². The summed E-state index contributed by atoms with van der Waals surface area (Å²) in [7, 11) is 0. The van der Waals surface area contributed by atoms with E-state index in [1.54, 1.807) is 17.4 Å². The Kier molecular flexibility index (Phi) is 4.91. The first-order valence-corrected chi connectivity index (χ1v) is 11.0. The molecule has 0 amide bonds. The highest BCUT2D eigenvalue weighted by molar-refractivity contribution is 7.15. The summed E-state index contributed by atoms with van der Waals surface area (Å²) in [6, 6.07) is 16.9. The first kappa shape index (κ1) is 19.1. The number of rotatable bonds is 7. The Morgan fingerprint density at radius 1 is 1.10 bits per heavy atom. The fourth-order valence-corrected chi connectivity index (χ4v) is 5.26. The summed E-state index contributed by atoms with van der Waals surface area (Å²) in [5.41, 5.74) is 2.96. The number of halogens is 1. The standard InChI is InChI=1S/C25H21FO3S/c26-19-8-3-7-18(24(19)22-14-13-21(30-22)15-11-12-15)25-17(6-4-10-23(27)28)16-5-1-2-9-20(16)29-25/h1-3,5,7-9,13-15H,4,6,10-12H2,(H,27,28). The topological polar surface area (TPSA) is 50.4 Å². The van der Waals surface area contributed by atoms with E-state index < -0.39 is 5.97 Å². The first-order chi connectivity index (χ1) is 14.6. The van der Waals surface area contributed by atoms with Crippen molar-refractivity contribution in [3.05, 3.63) is 70.9 Å². The third-order valence-corrected chi connectivity index (χ3v) is 6.89. The number of fused-ring (bicyclic) bond motifs is 1. The van der Waals surface area contributed by atoms with Gasteiger partial charge in [0.15, 0.2) is 0 Å². The van der Waals surface area contributed by atoms with E-state index in [4.69, 9.17) is 9.52 Å². The molecule has 0 radical (unpaired) electrons. The van der Waals surface area contributed by atoms with Crippen LogP contribution in [0.2, 0.25) is 0 Å². The maximum atomic E-state index is 15.1. The highest BCUT2D eigenvalue weighted by Crippen LogP contribution is 2.47. The van der Waals surface area contributed by atoms with Gasteiger partial charge in [0.2, 0.25) is 0 Å². The predicted octanol–water partition coefficient (Wildman–Crippen LogP) is 7.25. The SMILES string of the molecule is O=C(O)CCCc1c(-c2cccc(F)c2-c2ccc(C3CC3)s2)oc2ccccc12. The van der Waals surface area contributed by atoms with Crippen molar-refractivity contribution in [1.82, 2.24) is 0 Å². The Morgan fingerprint density at radius 3 is 2.73 bits per heavy atom. The van der Waals surface area contributed by atoms with Gasteiger partial charge in [0.25, 0.3) is 0 Å². The van der Waals surface area contributed by atoms with E-state index in [0.717, 1.165) is 27.0 Å².